The van der Waals surface area contributed by atoms with E-state index in [4.69, 9.17) is 5.11 Å². The van der Waals surface area contributed by atoms with Crippen molar-refractivity contribution in [2.24, 2.45) is 0 Å². The molecule has 5 heteroatoms. The van der Waals surface area contributed by atoms with Crippen molar-refractivity contribution in [1.29, 1.82) is 0 Å². The molecule has 0 spiro atoms. The summed E-state index contributed by atoms with van der Waals surface area (Å²) in [4.78, 5) is 17.2. The van der Waals surface area contributed by atoms with E-state index in [9.17, 15) is 4.79 Å². The van der Waals surface area contributed by atoms with E-state index in [1.54, 1.807) is 6.07 Å². The van der Waals surface area contributed by atoms with Crippen LogP contribution in [0.1, 0.15) is 32.9 Å². The monoisotopic (exact) mass is 300 g/mol. The Bertz CT molecular complexity index is 817. The van der Waals surface area contributed by atoms with Gasteiger partial charge in [0.1, 0.15) is 10.7 Å². The quantitative estimate of drug-likeness (QED) is 0.799. The Morgan fingerprint density at radius 3 is 2.81 bits per heavy atom. The van der Waals surface area contributed by atoms with Gasteiger partial charge in [0.25, 0.3) is 0 Å². The highest BCUT2D eigenvalue weighted by Crippen LogP contribution is 2.25. The summed E-state index contributed by atoms with van der Waals surface area (Å²) in [6.45, 7) is 4.72. The van der Waals surface area contributed by atoms with Gasteiger partial charge in [-0.05, 0) is 30.7 Å². The van der Waals surface area contributed by atoms with Crippen molar-refractivity contribution in [3.05, 3.63) is 51.5 Å². The third-order valence-corrected chi connectivity index (χ3v) is 4.69. The molecular weight excluding hydrogens is 284 g/mol. The molecule has 0 amide bonds. The van der Waals surface area contributed by atoms with Crippen molar-refractivity contribution in [3.8, 4) is 0 Å². The van der Waals surface area contributed by atoms with Gasteiger partial charge in [0.15, 0.2) is 0 Å². The lowest BCUT2D eigenvalue weighted by Crippen LogP contribution is -2.04. The number of aromatic nitrogens is 2. The van der Waals surface area contributed by atoms with Crippen molar-refractivity contribution in [1.82, 2.24) is 9.55 Å². The maximum atomic E-state index is 11.1. The van der Waals surface area contributed by atoms with Gasteiger partial charge in [0.2, 0.25) is 0 Å². The third-order valence-electron chi connectivity index (χ3n) is 3.61. The minimum absolute atomic E-state index is 0.393. The highest BCUT2D eigenvalue weighted by atomic mass is 32.1. The van der Waals surface area contributed by atoms with Gasteiger partial charge in [0, 0.05) is 11.3 Å². The molecule has 0 radical (unpaired) electrons. The van der Waals surface area contributed by atoms with Gasteiger partial charge < -0.3 is 9.67 Å². The van der Waals surface area contributed by atoms with Gasteiger partial charge in [-0.15, -0.1) is 11.3 Å². The predicted octanol–water partition coefficient (Wildman–Crippen LogP) is 3.72. The van der Waals surface area contributed by atoms with Crippen LogP contribution in [0.25, 0.3) is 11.0 Å². The van der Waals surface area contributed by atoms with Crippen molar-refractivity contribution in [2.75, 3.05) is 0 Å². The van der Waals surface area contributed by atoms with Gasteiger partial charge >= 0.3 is 5.97 Å². The first-order chi connectivity index (χ1) is 10.1. The molecule has 2 heterocycles. The number of fused-ring (bicyclic) bond motifs is 1. The fourth-order valence-corrected chi connectivity index (χ4v) is 3.40. The first-order valence-corrected chi connectivity index (χ1v) is 7.68. The van der Waals surface area contributed by atoms with Crippen LogP contribution >= 0.6 is 11.3 Å². The summed E-state index contributed by atoms with van der Waals surface area (Å²) in [5, 5.41) is 9.11. The van der Waals surface area contributed by atoms with E-state index >= 15 is 0 Å². The summed E-state index contributed by atoms with van der Waals surface area (Å²) < 4.78 is 2.18. The average molecular weight is 300 g/mol. The van der Waals surface area contributed by atoms with Crippen molar-refractivity contribution in [3.63, 3.8) is 0 Å². The van der Waals surface area contributed by atoms with Crippen LogP contribution in [0, 0.1) is 6.92 Å². The second-order valence-electron chi connectivity index (χ2n) is 4.95. The lowest BCUT2D eigenvalue weighted by atomic mass is 10.2. The average Bonchev–Trinajstić information content (AvgIpc) is 3.01. The molecule has 0 aliphatic rings. The lowest BCUT2D eigenvalue weighted by molar-refractivity contribution is 0.0702. The standard InChI is InChI=1S/C16H16N2O2S/c1-3-15-17-12-6-4-5-7-13(12)18(15)9-11-8-14(16(19)20)21-10(11)2/h4-8H,3,9H2,1-2H3,(H,19,20). The highest BCUT2D eigenvalue weighted by molar-refractivity contribution is 7.14. The van der Waals surface area contributed by atoms with Gasteiger partial charge in [-0.1, -0.05) is 19.1 Å². The van der Waals surface area contributed by atoms with Gasteiger partial charge in [-0.25, -0.2) is 9.78 Å². The van der Waals surface area contributed by atoms with E-state index < -0.39 is 5.97 Å². The minimum Gasteiger partial charge on any atom is -0.477 e. The maximum absolute atomic E-state index is 11.1. The van der Waals surface area contributed by atoms with E-state index in [-0.39, 0.29) is 0 Å². The summed E-state index contributed by atoms with van der Waals surface area (Å²) in [6, 6.07) is 9.83. The Labute approximate surface area is 126 Å². The number of aromatic carboxylic acids is 1. The fraction of sp³-hybridized carbons (Fsp3) is 0.250. The fourth-order valence-electron chi connectivity index (χ4n) is 2.52. The van der Waals surface area contributed by atoms with E-state index in [2.05, 4.69) is 22.5 Å². The highest BCUT2D eigenvalue weighted by Gasteiger charge is 2.14. The molecule has 21 heavy (non-hydrogen) atoms. The molecule has 3 aromatic rings. The summed E-state index contributed by atoms with van der Waals surface area (Å²) in [5.41, 5.74) is 3.13. The van der Waals surface area contributed by atoms with Gasteiger partial charge in [-0.2, -0.15) is 0 Å². The van der Waals surface area contributed by atoms with Gasteiger partial charge in [0.05, 0.1) is 17.6 Å². The molecule has 0 aliphatic heterocycles. The molecule has 1 N–H and O–H groups in total. The largest absolute Gasteiger partial charge is 0.477 e. The number of rotatable bonds is 4. The van der Waals surface area contributed by atoms with Crippen LogP contribution < -0.4 is 0 Å². The van der Waals surface area contributed by atoms with Crippen LogP contribution in [-0.4, -0.2) is 20.6 Å². The second-order valence-corrected chi connectivity index (χ2v) is 6.21. The Hall–Kier alpha value is -2.14. The number of carboxylic acid groups (broad SMARTS) is 1. The molecule has 1 aromatic carbocycles. The van der Waals surface area contributed by atoms with Crippen LogP contribution in [0.15, 0.2) is 30.3 Å². The van der Waals surface area contributed by atoms with Gasteiger partial charge in [-0.3, -0.25) is 0 Å². The van der Waals surface area contributed by atoms with Crippen LogP contribution in [-0.2, 0) is 13.0 Å². The number of hydrogen-bond donors (Lipinski definition) is 1. The maximum Gasteiger partial charge on any atom is 0.345 e. The van der Waals surface area contributed by atoms with Crippen LogP contribution in [0.4, 0.5) is 0 Å². The molecule has 0 fully saturated rings. The van der Waals surface area contributed by atoms with Crippen molar-refractivity contribution < 1.29 is 9.90 Å². The minimum atomic E-state index is -0.861. The molecular formula is C16H16N2O2S. The Balaban J connectivity index is 2.07. The molecule has 0 atom stereocenters. The zero-order valence-electron chi connectivity index (χ0n) is 12.0. The van der Waals surface area contributed by atoms with E-state index in [1.807, 2.05) is 25.1 Å². The summed E-state index contributed by atoms with van der Waals surface area (Å²) in [6.07, 6.45) is 0.851. The Kier molecular flexibility index (Phi) is 3.51. The number of carbonyl (C=O) groups is 1. The summed E-state index contributed by atoms with van der Waals surface area (Å²) >= 11 is 1.33. The lowest BCUT2D eigenvalue weighted by Gasteiger charge is -2.07. The van der Waals surface area contributed by atoms with Crippen LogP contribution in [0.5, 0.6) is 0 Å². The molecule has 2 aromatic heterocycles. The van der Waals surface area contributed by atoms with E-state index in [0.717, 1.165) is 33.7 Å². The normalized spacial score (nSPS) is 11.1. The molecule has 0 aliphatic carbocycles. The number of nitrogens with zero attached hydrogens (tertiary/aromatic N) is 2. The van der Waals surface area contributed by atoms with Crippen molar-refractivity contribution >= 4 is 28.3 Å². The summed E-state index contributed by atoms with van der Waals surface area (Å²) in [7, 11) is 0. The molecule has 0 bridgehead atoms. The van der Waals surface area contributed by atoms with E-state index in [0.29, 0.717) is 11.4 Å². The first kappa shape index (κ1) is 13.8. The number of hydrogen-bond acceptors (Lipinski definition) is 3. The van der Waals surface area contributed by atoms with Crippen LogP contribution in [0.3, 0.4) is 0 Å². The zero-order valence-corrected chi connectivity index (χ0v) is 12.8. The third kappa shape index (κ3) is 2.45. The number of aryl methyl sites for hydroxylation is 2. The molecule has 0 saturated heterocycles. The number of para-hydroxylation sites is 2. The topological polar surface area (TPSA) is 55.1 Å². The summed E-state index contributed by atoms with van der Waals surface area (Å²) in [5.74, 6) is 0.166. The first-order valence-electron chi connectivity index (χ1n) is 6.87. The number of benzene rings is 1. The van der Waals surface area contributed by atoms with Crippen molar-refractivity contribution in [2.45, 2.75) is 26.8 Å². The Morgan fingerprint density at radius 2 is 2.14 bits per heavy atom. The molecule has 4 nitrogen and oxygen atoms in total. The Morgan fingerprint density at radius 1 is 1.38 bits per heavy atom. The zero-order chi connectivity index (χ0) is 15.0. The number of carboxylic acids is 1. The molecule has 0 saturated carbocycles. The predicted molar refractivity (Wildman–Crippen MR) is 84.2 cm³/mol. The second kappa shape index (κ2) is 5.33. The number of imidazole rings is 1. The van der Waals surface area contributed by atoms with Crippen LogP contribution in [0.2, 0.25) is 0 Å². The SMILES string of the molecule is CCc1nc2ccccc2n1Cc1cc(C(=O)O)sc1C. The number of thiophene rings is 1. The molecule has 108 valence electrons. The van der Waals surface area contributed by atoms with E-state index in [1.165, 1.54) is 11.3 Å². The smallest absolute Gasteiger partial charge is 0.345 e. The molecule has 0 unspecified atom stereocenters. The molecule has 3 rings (SSSR count).